The van der Waals surface area contributed by atoms with Crippen LogP contribution in [0.15, 0.2) is 48.5 Å². The van der Waals surface area contributed by atoms with Gasteiger partial charge in [-0.1, -0.05) is 13.8 Å². The fourth-order valence-corrected chi connectivity index (χ4v) is 4.52. The Morgan fingerprint density at radius 1 is 0.618 bits per heavy atom. The molecule has 2 unspecified atom stereocenters. The van der Waals surface area contributed by atoms with E-state index in [1.165, 1.54) is 45.2 Å². The standard InChI is InChI=1S/C34H35F13O8/c1-4-21(27(49)54-18-15-29(35,36)30(37,38)31(39,40)32(41,42)33(43,44)34(45,46)47)19-20(2)26(48)53-17-6-5-16-52-24-9-7-22(8-10-24)28(50)55-25-13-11-23(51-3)12-14-25/h7-14,20-21H,4-6,15-19H2,1-3H3. The van der Waals surface area contributed by atoms with Crippen molar-refractivity contribution >= 4 is 17.9 Å². The first kappa shape index (κ1) is 46.7. The van der Waals surface area contributed by atoms with Crippen LogP contribution in [0, 0.1) is 11.8 Å². The third-order valence-electron chi connectivity index (χ3n) is 7.94. The number of ether oxygens (including phenoxy) is 5. The summed E-state index contributed by atoms with van der Waals surface area (Å²) >= 11 is 0. The van der Waals surface area contributed by atoms with Crippen LogP contribution in [0.25, 0.3) is 0 Å². The van der Waals surface area contributed by atoms with Crippen LogP contribution in [0.5, 0.6) is 17.2 Å². The fraction of sp³-hybridized carbons (Fsp3) is 0.559. The predicted molar refractivity (Wildman–Crippen MR) is 164 cm³/mol. The average Bonchev–Trinajstić information content (AvgIpc) is 3.11. The first-order chi connectivity index (χ1) is 25.3. The third-order valence-corrected chi connectivity index (χ3v) is 7.94. The van der Waals surface area contributed by atoms with Gasteiger partial charge in [0.05, 0.1) is 50.8 Å². The van der Waals surface area contributed by atoms with Crippen molar-refractivity contribution in [2.75, 3.05) is 26.9 Å². The van der Waals surface area contributed by atoms with Crippen molar-refractivity contribution in [3.8, 4) is 17.2 Å². The topological polar surface area (TPSA) is 97.4 Å². The van der Waals surface area contributed by atoms with E-state index in [0.29, 0.717) is 30.1 Å². The van der Waals surface area contributed by atoms with E-state index in [-0.39, 0.29) is 31.6 Å². The fourth-order valence-electron chi connectivity index (χ4n) is 4.52. The second-order valence-electron chi connectivity index (χ2n) is 12.0. The van der Waals surface area contributed by atoms with Crippen molar-refractivity contribution in [3.63, 3.8) is 0 Å². The maximum atomic E-state index is 14.0. The van der Waals surface area contributed by atoms with Crippen LogP contribution < -0.4 is 14.2 Å². The van der Waals surface area contributed by atoms with Crippen LogP contribution in [0.4, 0.5) is 57.1 Å². The lowest BCUT2D eigenvalue weighted by atomic mass is 9.92. The molecule has 2 aromatic carbocycles. The third kappa shape index (κ3) is 11.1. The van der Waals surface area contributed by atoms with Gasteiger partial charge < -0.3 is 23.7 Å². The average molecular weight is 819 g/mol. The Hall–Kier alpha value is -4.46. The minimum atomic E-state index is -8.03. The Labute approximate surface area is 305 Å². The van der Waals surface area contributed by atoms with Crippen molar-refractivity contribution in [2.24, 2.45) is 11.8 Å². The molecule has 8 nitrogen and oxygen atoms in total. The molecule has 0 aliphatic rings. The molecule has 0 spiro atoms. The van der Waals surface area contributed by atoms with Gasteiger partial charge >= 0.3 is 53.7 Å². The number of hydrogen-bond acceptors (Lipinski definition) is 8. The van der Waals surface area contributed by atoms with Crippen LogP contribution >= 0.6 is 0 Å². The maximum Gasteiger partial charge on any atom is 0.460 e. The second kappa shape index (κ2) is 18.4. The van der Waals surface area contributed by atoms with E-state index >= 15 is 0 Å². The molecule has 0 radical (unpaired) electrons. The van der Waals surface area contributed by atoms with Gasteiger partial charge in [0.1, 0.15) is 17.2 Å². The van der Waals surface area contributed by atoms with Crippen molar-refractivity contribution in [2.45, 2.75) is 81.7 Å². The molecule has 0 N–H and O–H groups in total. The first-order valence-corrected chi connectivity index (χ1v) is 16.2. The van der Waals surface area contributed by atoms with Gasteiger partial charge in [0, 0.05) is 0 Å². The SMILES string of the molecule is CCC(CC(C)C(=O)OCCCCOc1ccc(C(=O)Oc2ccc(OC)cc2)cc1)C(=O)OCCC(F)(F)C(F)(F)C(F)(F)C(F)(F)C(F)(F)C(F)(F)F. The zero-order valence-electron chi connectivity index (χ0n) is 29.1. The monoisotopic (exact) mass is 818 g/mol. The number of carbonyl (C=O) groups excluding carboxylic acids is 3. The number of halogens is 13. The minimum Gasteiger partial charge on any atom is -0.497 e. The van der Waals surface area contributed by atoms with Crippen molar-refractivity contribution < 1.29 is 95.1 Å². The second-order valence-corrected chi connectivity index (χ2v) is 12.0. The lowest BCUT2D eigenvalue weighted by Gasteiger charge is -2.39. The molecule has 2 aromatic rings. The van der Waals surface area contributed by atoms with Crippen molar-refractivity contribution in [1.29, 1.82) is 0 Å². The number of hydrogen-bond donors (Lipinski definition) is 0. The lowest BCUT2D eigenvalue weighted by molar-refractivity contribution is -0.440. The zero-order valence-corrected chi connectivity index (χ0v) is 29.1. The van der Waals surface area contributed by atoms with Crippen LogP contribution in [0.3, 0.4) is 0 Å². The van der Waals surface area contributed by atoms with Gasteiger partial charge in [0.25, 0.3) is 0 Å². The van der Waals surface area contributed by atoms with E-state index in [0.717, 1.165) is 0 Å². The van der Waals surface area contributed by atoms with Crippen molar-refractivity contribution in [1.82, 2.24) is 0 Å². The first-order valence-electron chi connectivity index (χ1n) is 16.2. The molecule has 0 saturated carbocycles. The molecular weight excluding hydrogens is 783 g/mol. The van der Waals surface area contributed by atoms with Crippen LogP contribution in [0.1, 0.15) is 56.3 Å². The summed E-state index contributed by atoms with van der Waals surface area (Å²) in [5.74, 6) is -41.6. The van der Waals surface area contributed by atoms with E-state index in [4.69, 9.17) is 18.9 Å². The van der Waals surface area contributed by atoms with Gasteiger partial charge in [-0.2, -0.15) is 57.1 Å². The summed E-state index contributed by atoms with van der Waals surface area (Å²) in [6.07, 6.45) is -10.0. The molecular formula is C34H35F13O8. The summed E-state index contributed by atoms with van der Waals surface area (Å²) in [6, 6.07) is 12.4. The largest absolute Gasteiger partial charge is 0.497 e. The van der Waals surface area contributed by atoms with Crippen LogP contribution in [0.2, 0.25) is 0 Å². The number of unbranched alkanes of at least 4 members (excludes halogenated alkanes) is 1. The summed E-state index contributed by atoms with van der Waals surface area (Å²) in [5, 5.41) is 0. The highest BCUT2D eigenvalue weighted by Gasteiger charge is 2.90. The van der Waals surface area contributed by atoms with Gasteiger partial charge in [-0.3, -0.25) is 9.59 Å². The molecule has 0 fully saturated rings. The summed E-state index contributed by atoms with van der Waals surface area (Å²) < 4.78 is 198. The number of methoxy groups -OCH3 is 1. The van der Waals surface area contributed by atoms with E-state index in [2.05, 4.69) is 4.74 Å². The Morgan fingerprint density at radius 3 is 1.64 bits per heavy atom. The summed E-state index contributed by atoms with van der Waals surface area (Å²) in [4.78, 5) is 37.0. The molecule has 2 atom stereocenters. The number of benzene rings is 2. The molecule has 2 rings (SSSR count). The number of carbonyl (C=O) groups is 3. The molecule has 21 heteroatoms. The highest BCUT2D eigenvalue weighted by molar-refractivity contribution is 5.91. The normalized spacial score (nSPS) is 14.1. The number of rotatable bonds is 21. The van der Waals surface area contributed by atoms with Gasteiger partial charge in [-0.05, 0) is 74.2 Å². The molecule has 0 aliphatic heterocycles. The molecule has 55 heavy (non-hydrogen) atoms. The summed E-state index contributed by atoms with van der Waals surface area (Å²) in [5.41, 5.74) is 0.254. The molecule has 0 aliphatic carbocycles. The summed E-state index contributed by atoms with van der Waals surface area (Å²) in [7, 11) is 1.49. The van der Waals surface area contributed by atoms with E-state index in [1.807, 2.05) is 0 Å². The number of esters is 3. The van der Waals surface area contributed by atoms with Gasteiger partial charge in [0.15, 0.2) is 0 Å². The molecule has 0 heterocycles. The van der Waals surface area contributed by atoms with E-state index in [1.54, 1.807) is 24.3 Å². The molecule has 0 amide bonds. The Morgan fingerprint density at radius 2 is 1.11 bits per heavy atom. The molecule has 0 saturated heterocycles. The summed E-state index contributed by atoms with van der Waals surface area (Å²) in [6.45, 7) is 0.838. The number of alkyl halides is 13. The molecule has 0 aromatic heterocycles. The highest BCUT2D eigenvalue weighted by atomic mass is 19.4. The maximum absolute atomic E-state index is 14.0. The quantitative estimate of drug-likeness (QED) is 0.0533. The Bertz CT molecular complexity index is 1560. The van der Waals surface area contributed by atoms with Crippen LogP contribution in [-0.2, 0) is 19.1 Å². The van der Waals surface area contributed by atoms with E-state index < -0.39 is 78.6 Å². The lowest BCUT2D eigenvalue weighted by Crippen LogP contribution is -2.70. The van der Waals surface area contributed by atoms with E-state index in [9.17, 15) is 71.5 Å². The minimum absolute atomic E-state index is 0.105. The Balaban J connectivity index is 1.78. The van der Waals surface area contributed by atoms with Crippen molar-refractivity contribution in [3.05, 3.63) is 54.1 Å². The zero-order chi connectivity index (χ0) is 42.0. The molecule has 0 bridgehead atoms. The molecule has 310 valence electrons. The highest BCUT2D eigenvalue weighted by Crippen LogP contribution is 2.60. The van der Waals surface area contributed by atoms with Gasteiger partial charge in [0.2, 0.25) is 0 Å². The smallest absolute Gasteiger partial charge is 0.460 e. The van der Waals surface area contributed by atoms with Gasteiger partial charge in [-0.15, -0.1) is 0 Å². The Kier molecular flexibility index (Phi) is 15.7. The van der Waals surface area contributed by atoms with Crippen LogP contribution in [-0.4, -0.2) is 80.6 Å². The predicted octanol–water partition coefficient (Wildman–Crippen LogP) is 9.34. The van der Waals surface area contributed by atoms with Gasteiger partial charge in [-0.25, -0.2) is 4.79 Å².